The molecule has 1 aromatic carbocycles. The molecule has 1 aliphatic rings. The van der Waals surface area contributed by atoms with Crippen molar-refractivity contribution in [2.45, 2.75) is 11.3 Å². The minimum atomic E-state index is 0.998. The van der Waals surface area contributed by atoms with E-state index in [2.05, 4.69) is 36.7 Å². The van der Waals surface area contributed by atoms with Crippen molar-refractivity contribution in [3.8, 4) is 0 Å². The third-order valence-corrected chi connectivity index (χ3v) is 2.43. The second-order valence-corrected chi connectivity index (χ2v) is 3.51. The predicted octanol–water partition coefficient (Wildman–Crippen LogP) is 2.09. The normalized spacial score (nSPS) is 15.2. The van der Waals surface area contributed by atoms with Gasteiger partial charge in [-0.25, -0.2) is 0 Å². The molecule has 1 aromatic rings. The fourth-order valence-corrected chi connectivity index (χ4v) is 1.71. The first-order valence-corrected chi connectivity index (χ1v) is 4.47. The Morgan fingerprint density at radius 3 is 3.08 bits per heavy atom. The summed E-state index contributed by atoms with van der Waals surface area (Å²) in [5.41, 5.74) is 3.61. The molecular weight excluding hydrogens is 166 g/mol. The van der Waals surface area contributed by atoms with Crippen LogP contribution in [0.5, 0.6) is 0 Å². The zero-order valence-electron chi connectivity index (χ0n) is 6.80. The van der Waals surface area contributed by atoms with Crippen LogP contribution in [-0.2, 0) is 6.42 Å². The van der Waals surface area contributed by atoms with E-state index in [9.17, 15) is 0 Å². The fraction of sp³-hybridized carbons (Fsp3) is 0.200. The van der Waals surface area contributed by atoms with Gasteiger partial charge in [0.25, 0.3) is 0 Å². The molecule has 0 aliphatic carbocycles. The van der Waals surface area contributed by atoms with Gasteiger partial charge in [0, 0.05) is 22.7 Å². The molecule has 0 atom stereocenters. The van der Waals surface area contributed by atoms with Crippen molar-refractivity contribution in [3.63, 3.8) is 0 Å². The van der Waals surface area contributed by atoms with Crippen LogP contribution in [0.1, 0.15) is 11.1 Å². The molecule has 1 N–H and O–H groups in total. The molecule has 62 valence electrons. The topological polar surface area (TPSA) is 12.0 Å². The van der Waals surface area contributed by atoms with Crippen LogP contribution in [0.15, 0.2) is 29.7 Å². The van der Waals surface area contributed by atoms with Gasteiger partial charge in [-0.2, -0.15) is 0 Å². The van der Waals surface area contributed by atoms with Gasteiger partial charge >= 0.3 is 0 Å². The highest BCUT2D eigenvalue weighted by molar-refractivity contribution is 7.80. The second kappa shape index (κ2) is 2.87. The summed E-state index contributed by atoms with van der Waals surface area (Å²) in [4.78, 5) is 0.999. The largest absolute Gasteiger partial charge is 0.385 e. The highest BCUT2D eigenvalue weighted by atomic mass is 32.1. The van der Waals surface area contributed by atoms with Crippen LogP contribution in [-0.4, -0.2) is 6.54 Å². The number of nitrogens with one attached hydrogen (secondary N) is 1. The molecule has 0 amide bonds. The van der Waals surface area contributed by atoms with Crippen LogP contribution in [0.2, 0.25) is 0 Å². The Morgan fingerprint density at radius 2 is 2.25 bits per heavy atom. The minimum Gasteiger partial charge on any atom is -0.385 e. The van der Waals surface area contributed by atoms with Gasteiger partial charge in [0.05, 0.1) is 0 Å². The molecule has 0 spiro atoms. The van der Waals surface area contributed by atoms with E-state index < -0.39 is 0 Å². The molecule has 0 fully saturated rings. The summed E-state index contributed by atoms with van der Waals surface area (Å²) in [6.07, 6.45) is 1.09. The number of thiol groups is 1. The number of benzene rings is 1. The molecule has 0 aromatic heterocycles. The van der Waals surface area contributed by atoms with Crippen molar-refractivity contribution in [3.05, 3.63) is 35.9 Å². The van der Waals surface area contributed by atoms with Crippen molar-refractivity contribution in [1.29, 1.82) is 0 Å². The Balaban J connectivity index is 2.54. The first-order chi connectivity index (χ1) is 5.77. The average molecular weight is 177 g/mol. The third-order valence-electron chi connectivity index (χ3n) is 2.15. The molecule has 12 heavy (non-hydrogen) atoms. The summed E-state index contributed by atoms with van der Waals surface area (Å²) in [5.74, 6) is 0. The van der Waals surface area contributed by atoms with Gasteiger partial charge in [-0.15, -0.1) is 12.6 Å². The summed E-state index contributed by atoms with van der Waals surface area (Å²) < 4.78 is 0. The lowest BCUT2D eigenvalue weighted by Gasteiger charge is -2.20. The van der Waals surface area contributed by atoms with Crippen LogP contribution in [0.4, 0.5) is 0 Å². The zero-order valence-corrected chi connectivity index (χ0v) is 7.70. The Labute approximate surface area is 77.9 Å². The van der Waals surface area contributed by atoms with E-state index in [1.165, 1.54) is 11.1 Å². The van der Waals surface area contributed by atoms with Crippen LogP contribution in [0.3, 0.4) is 0 Å². The van der Waals surface area contributed by atoms with E-state index in [4.69, 9.17) is 0 Å². The highest BCUT2D eigenvalue weighted by Gasteiger charge is 2.10. The summed E-state index contributed by atoms with van der Waals surface area (Å²) in [6, 6.07) is 6.22. The maximum absolute atomic E-state index is 4.29. The lowest BCUT2D eigenvalue weighted by atomic mass is 9.99. The lowest BCUT2D eigenvalue weighted by Crippen LogP contribution is -2.21. The monoisotopic (exact) mass is 177 g/mol. The van der Waals surface area contributed by atoms with Gasteiger partial charge in [-0.05, 0) is 24.1 Å². The zero-order chi connectivity index (χ0) is 8.55. The molecule has 0 saturated carbocycles. The van der Waals surface area contributed by atoms with E-state index in [0.717, 1.165) is 23.6 Å². The van der Waals surface area contributed by atoms with Gasteiger partial charge in [0.15, 0.2) is 0 Å². The molecule has 0 unspecified atom stereocenters. The highest BCUT2D eigenvalue weighted by Crippen LogP contribution is 2.23. The molecule has 0 radical (unpaired) electrons. The molecule has 1 heterocycles. The van der Waals surface area contributed by atoms with Gasteiger partial charge in [0.1, 0.15) is 0 Å². The van der Waals surface area contributed by atoms with Gasteiger partial charge in [-0.3, -0.25) is 0 Å². The third kappa shape index (κ3) is 1.23. The van der Waals surface area contributed by atoms with E-state index in [1.807, 2.05) is 6.07 Å². The first kappa shape index (κ1) is 7.74. The Kier molecular flexibility index (Phi) is 1.85. The standard InChI is InChI=1S/C10H11NS/c1-7-10-6-9(12)3-2-8(10)4-5-11-7/h2-3,6,11-12H,1,4-5H2. The lowest BCUT2D eigenvalue weighted by molar-refractivity contribution is 0.814. The maximum atomic E-state index is 4.29. The molecule has 2 heteroatoms. The van der Waals surface area contributed by atoms with E-state index in [0.29, 0.717) is 0 Å². The van der Waals surface area contributed by atoms with E-state index in [1.54, 1.807) is 0 Å². The van der Waals surface area contributed by atoms with Gasteiger partial charge in [-0.1, -0.05) is 12.6 Å². The van der Waals surface area contributed by atoms with Gasteiger partial charge in [0.2, 0.25) is 0 Å². The molecule has 0 saturated heterocycles. The maximum Gasteiger partial charge on any atom is 0.0344 e. The van der Waals surface area contributed by atoms with Gasteiger partial charge < -0.3 is 5.32 Å². The summed E-state index contributed by atoms with van der Waals surface area (Å²) in [5, 5.41) is 3.24. The molecule has 0 bridgehead atoms. The number of hydrogen-bond acceptors (Lipinski definition) is 2. The first-order valence-electron chi connectivity index (χ1n) is 4.02. The number of hydrogen-bond donors (Lipinski definition) is 2. The Hall–Kier alpha value is -0.890. The summed E-state index contributed by atoms with van der Waals surface area (Å²) in [6.45, 7) is 4.95. The van der Waals surface area contributed by atoms with Crippen LogP contribution >= 0.6 is 12.6 Å². The second-order valence-electron chi connectivity index (χ2n) is 3.00. The minimum absolute atomic E-state index is 0.998. The summed E-state index contributed by atoms with van der Waals surface area (Å²) in [7, 11) is 0. The average Bonchev–Trinajstić information content (AvgIpc) is 2.07. The van der Waals surface area contributed by atoms with E-state index in [-0.39, 0.29) is 0 Å². The van der Waals surface area contributed by atoms with Crippen molar-refractivity contribution in [2.75, 3.05) is 6.54 Å². The van der Waals surface area contributed by atoms with Crippen LogP contribution in [0.25, 0.3) is 5.70 Å². The van der Waals surface area contributed by atoms with Crippen molar-refractivity contribution in [2.24, 2.45) is 0 Å². The predicted molar refractivity (Wildman–Crippen MR) is 54.4 cm³/mol. The Bertz CT molecular complexity index is 331. The smallest absolute Gasteiger partial charge is 0.0344 e. The number of fused-ring (bicyclic) bond motifs is 1. The molecular formula is C10H11NS. The number of rotatable bonds is 0. The van der Waals surface area contributed by atoms with Crippen LogP contribution in [0, 0.1) is 0 Å². The molecule has 1 nitrogen and oxygen atoms in total. The van der Waals surface area contributed by atoms with Crippen molar-refractivity contribution < 1.29 is 0 Å². The van der Waals surface area contributed by atoms with Crippen molar-refractivity contribution >= 4 is 18.3 Å². The molecule has 2 rings (SSSR count). The van der Waals surface area contributed by atoms with Crippen LogP contribution < -0.4 is 5.32 Å². The van der Waals surface area contributed by atoms with Crippen molar-refractivity contribution in [1.82, 2.24) is 5.32 Å². The molecule has 1 aliphatic heterocycles. The fourth-order valence-electron chi connectivity index (χ4n) is 1.51. The Morgan fingerprint density at radius 1 is 1.42 bits per heavy atom. The quantitative estimate of drug-likeness (QED) is 0.578. The SMILES string of the molecule is C=C1NCCc2ccc(S)cc21. The van der Waals surface area contributed by atoms with E-state index >= 15 is 0 Å². The summed E-state index contributed by atoms with van der Waals surface area (Å²) >= 11 is 4.29.